The van der Waals surface area contributed by atoms with E-state index in [4.69, 9.17) is 0 Å². The quantitative estimate of drug-likeness (QED) is 0.808. The zero-order valence-corrected chi connectivity index (χ0v) is 8.94. The van der Waals surface area contributed by atoms with Crippen molar-refractivity contribution < 1.29 is 0 Å². The summed E-state index contributed by atoms with van der Waals surface area (Å²) in [5, 5.41) is 7.81. The molecule has 1 aliphatic rings. The number of rotatable bonds is 2. The normalized spacial score (nSPS) is 24.4. The molecule has 2 atom stereocenters. The Kier molecular flexibility index (Phi) is 1.71. The highest BCUT2D eigenvalue weighted by Crippen LogP contribution is 2.33. The van der Waals surface area contributed by atoms with Gasteiger partial charge >= 0.3 is 0 Å². The van der Waals surface area contributed by atoms with Crippen molar-refractivity contribution in [2.24, 2.45) is 5.92 Å². The Balaban J connectivity index is 2.01. The molecule has 78 valence electrons. The summed E-state index contributed by atoms with van der Waals surface area (Å²) in [6.07, 6.45) is 4.91. The Hall–Kier alpha value is -1.58. The summed E-state index contributed by atoms with van der Waals surface area (Å²) in [5.74, 6) is 1.73. The maximum absolute atomic E-state index is 4.36. The van der Waals surface area contributed by atoms with Gasteiger partial charge in [-0.1, -0.05) is 6.92 Å². The van der Waals surface area contributed by atoms with Gasteiger partial charge < -0.3 is 5.32 Å². The molecule has 2 aromatic rings. The number of nitrogens with zero attached hydrogens (tertiary/aromatic N) is 3. The number of hydrogen-bond acceptors (Lipinski definition) is 3. The van der Waals surface area contributed by atoms with E-state index in [0.717, 1.165) is 22.9 Å². The van der Waals surface area contributed by atoms with Gasteiger partial charge in [0.05, 0.1) is 5.69 Å². The van der Waals surface area contributed by atoms with Crippen molar-refractivity contribution in [1.82, 2.24) is 14.6 Å². The SMILES string of the molecule is Cc1cc2c(NC3CC3C)nccn2n1. The Morgan fingerprint density at radius 1 is 1.53 bits per heavy atom. The molecule has 1 saturated carbocycles. The fraction of sp³-hybridized carbons (Fsp3) is 0.455. The summed E-state index contributed by atoms with van der Waals surface area (Å²) in [7, 11) is 0. The first-order chi connectivity index (χ1) is 7.24. The second-order valence-electron chi connectivity index (χ2n) is 4.36. The average Bonchev–Trinajstić information content (AvgIpc) is 2.74. The first-order valence-electron chi connectivity index (χ1n) is 5.31. The first-order valence-corrected chi connectivity index (χ1v) is 5.31. The maximum atomic E-state index is 4.36. The van der Waals surface area contributed by atoms with Gasteiger partial charge in [0.1, 0.15) is 5.52 Å². The van der Waals surface area contributed by atoms with Crippen LogP contribution in [0.3, 0.4) is 0 Å². The van der Waals surface area contributed by atoms with Crippen LogP contribution in [0.25, 0.3) is 5.52 Å². The number of hydrogen-bond donors (Lipinski definition) is 1. The van der Waals surface area contributed by atoms with E-state index in [1.54, 1.807) is 6.20 Å². The van der Waals surface area contributed by atoms with Crippen LogP contribution in [0.1, 0.15) is 19.0 Å². The van der Waals surface area contributed by atoms with Crippen LogP contribution in [-0.2, 0) is 0 Å². The molecule has 1 aliphatic carbocycles. The molecule has 2 unspecified atom stereocenters. The predicted octanol–water partition coefficient (Wildman–Crippen LogP) is 1.86. The zero-order valence-electron chi connectivity index (χ0n) is 8.94. The van der Waals surface area contributed by atoms with Gasteiger partial charge in [-0.2, -0.15) is 5.10 Å². The molecule has 15 heavy (non-hydrogen) atoms. The second kappa shape index (κ2) is 2.95. The topological polar surface area (TPSA) is 42.2 Å². The number of aryl methyl sites for hydroxylation is 1. The Labute approximate surface area is 88.3 Å². The van der Waals surface area contributed by atoms with Gasteiger partial charge in [-0.05, 0) is 25.3 Å². The third kappa shape index (κ3) is 1.46. The molecule has 0 spiro atoms. The number of fused-ring (bicyclic) bond motifs is 1. The van der Waals surface area contributed by atoms with Gasteiger partial charge in [0.25, 0.3) is 0 Å². The largest absolute Gasteiger partial charge is 0.365 e. The summed E-state index contributed by atoms with van der Waals surface area (Å²) in [6.45, 7) is 4.25. The van der Waals surface area contributed by atoms with Crippen molar-refractivity contribution in [1.29, 1.82) is 0 Å². The molecule has 4 nitrogen and oxygen atoms in total. The van der Waals surface area contributed by atoms with Crippen molar-refractivity contribution in [2.45, 2.75) is 26.3 Å². The average molecular weight is 202 g/mol. The molecule has 0 bridgehead atoms. The van der Waals surface area contributed by atoms with Crippen LogP contribution < -0.4 is 5.32 Å². The molecule has 0 aromatic carbocycles. The van der Waals surface area contributed by atoms with Gasteiger partial charge in [-0.15, -0.1) is 0 Å². The molecule has 3 rings (SSSR count). The van der Waals surface area contributed by atoms with E-state index in [1.807, 2.05) is 17.6 Å². The van der Waals surface area contributed by atoms with Crippen LogP contribution in [0.15, 0.2) is 18.5 Å². The van der Waals surface area contributed by atoms with Crippen LogP contribution in [0.5, 0.6) is 0 Å². The molecular formula is C11H14N4. The summed E-state index contributed by atoms with van der Waals surface area (Å²) in [6, 6.07) is 2.65. The monoisotopic (exact) mass is 202 g/mol. The highest BCUT2D eigenvalue weighted by molar-refractivity contribution is 5.68. The minimum absolute atomic E-state index is 0.596. The van der Waals surface area contributed by atoms with E-state index in [0.29, 0.717) is 6.04 Å². The van der Waals surface area contributed by atoms with Gasteiger partial charge in [-0.25, -0.2) is 9.50 Å². The highest BCUT2D eigenvalue weighted by atomic mass is 15.2. The highest BCUT2D eigenvalue weighted by Gasteiger charge is 2.33. The molecule has 1 fully saturated rings. The fourth-order valence-corrected chi connectivity index (χ4v) is 1.85. The fourth-order valence-electron chi connectivity index (χ4n) is 1.85. The maximum Gasteiger partial charge on any atom is 0.152 e. The molecule has 2 aromatic heterocycles. The molecule has 4 heteroatoms. The minimum Gasteiger partial charge on any atom is -0.365 e. The number of nitrogens with one attached hydrogen (secondary N) is 1. The van der Waals surface area contributed by atoms with Crippen molar-refractivity contribution in [3.05, 3.63) is 24.2 Å². The van der Waals surface area contributed by atoms with Crippen LogP contribution in [0, 0.1) is 12.8 Å². The number of anilines is 1. The molecule has 0 amide bonds. The molecule has 0 radical (unpaired) electrons. The lowest BCUT2D eigenvalue weighted by atomic mass is 10.4. The van der Waals surface area contributed by atoms with Crippen LogP contribution in [-0.4, -0.2) is 20.6 Å². The van der Waals surface area contributed by atoms with Gasteiger partial charge in [0.2, 0.25) is 0 Å². The molecule has 1 N–H and O–H groups in total. The van der Waals surface area contributed by atoms with E-state index in [-0.39, 0.29) is 0 Å². The van der Waals surface area contributed by atoms with E-state index < -0.39 is 0 Å². The minimum atomic E-state index is 0.596. The molecule has 0 saturated heterocycles. The summed E-state index contributed by atoms with van der Waals surface area (Å²) < 4.78 is 1.87. The molecular weight excluding hydrogens is 188 g/mol. The number of aromatic nitrogens is 3. The van der Waals surface area contributed by atoms with Gasteiger partial charge in [-0.3, -0.25) is 0 Å². The second-order valence-corrected chi connectivity index (χ2v) is 4.36. The van der Waals surface area contributed by atoms with Crippen LogP contribution >= 0.6 is 0 Å². The standard InChI is InChI=1S/C11H14N4/c1-7-5-9(7)13-11-10-6-8(2)14-15(10)4-3-12-11/h3-4,6-7,9H,5H2,1-2H3,(H,12,13). The molecule has 2 heterocycles. The first kappa shape index (κ1) is 8.71. The van der Waals surface area contributed by atoms with Crippen molar-refractivity contribution in [3.8, 4) is 0 Å². The predicted molar refractivity (Wildman–Crippen MR) is 58.9 cm³/mol. The van der Waals surface area contributed by atoms with Gasteiger partial charge in [0, 0.05) is 18.4 Å². The van der Waals surface area contributed by atoms with Crippen molar-refractivity contribution >= 4 is 11.3 Å². The Bertz CT molecular complexity index is 502. The van der Waals surface area contributed by atoms with Crippen LogP contribution in [0.2, 0.25) is 0 Å². The lowest BCUT2D eigenvalue weighted by molar-refractivity contribution is 0.903. The van der Waals surface area contributed by atoms with Gasteiger partial charge in [0.15, 0.2) is 5.82 Å². The van der Waals surface area contributed by atoms with Crippen molar-refractivity contribution in [2.75, 3.05) is 5.32 Å². The lowest BCUT2D eigenvalue weighted by Gasteiger charge is -2.04. The lowest BCUT2D eigenvalue weighted by Crippen LogP contribution is -2.06. The summed E-state index contributed by atoms with van der Waals surface area (Å²) >= 11 is 0. The van der Waals surface area contributed by atoms with E-state index in [2.05, 4.69) is 28.4 Å². The Morgan fingerprint density at radius 2 is 2.33 bits per heavy atom. The van der Waals surface area contributed by atoms with E-state index >= 15 is 0 Å². The van der Waals surface area contributed by atoms with E-state index in [1.165, 1.54) is 6.42 Å². The smallest absolute Gasteiger partial charge is 0.152 e. The van der Waals surface area contributed by atoms with E-state index in [9.17, 15) is 0 Å². The molecule has 0 aliphatic heterocycles. The third-order valence-corrected chi connectivity index (χ3v) is 2.94. The zero-order chi connectivity index (χ0) is 10.4. The summed E-state index contributed by atoms with van der Waals surface area (Å²) in [5.41, 5.74) is 2.09. The third-order valence-electron chi connectivity index (χ3n) is 2.94. The van der Waals surface area contributed by atoms with Crippen LogP contribution in [0.4, 0.5) is 5.82 Å². The Morgan fingerprint density at radius 3 is 3.07 bits per heavy atom. The van der Waals surface area contributed by atoms with Crippen molar-refractivity contribution in [3.63, 3.8) is 0 Å². The summed E-state index contributed by atoms with van der Waals surface area (Å²) in [4.78, 5) is 4.36.